The molecule has 1 aromatic heterocycles. The summed E-state index contributed by atoms with van der Waals surface area (Å²) >= 11 is 0. The standard InChI is InChI=1S/C16H16N2O/c1-2-16(19)18-10-7-14-11-13(3-4-15(14)18)12-5-8-17-9-6-12/h3-6,8-9,11H,2,7,10H2,1H3. The molecule has 2 heterocycles. The van der Waals surface area contributed by atoms with Gasteiger partial charge in [0.15, 0.2) is 0 Å². The van der Waals surface area contributed by atoms with Gasteiger partial charge in [-0.05, 0) is 47.4 Å². The van der Waals surface area contributed by atoms with Gasteiger partial charge in [-0.2, -0.15) is 0 Å². The third-order valence-electron chi connectivity index (χ3n) is 3.59. The Bertz CT molecular complexity index is 607. The van der Waals surface area contributed by atoms with E-state index in [0.717, 1.165) is 24.2 Å². The molecule has 1 aromatic carbocycles. The number of anilines is 1. The van der Waals surface area contributed by atoms with Crippen molar-refractivity contribution in [2.75, 3.05) is 11.4 Å². The predicted octanol–water partition coefficient (Wildman–Crippen LogP) is 3.05. The molecule has 1 amide bonds. The lowest BCUT2D eigenvalue weighted by atomic mass is 10.0. The van der Waals surface area contributed by atoms with E-state index in [9.17, 15) is 4.79 Å². The molecule has 96 valence electrons. The molecule has 0 bridgehead atoms. The second-order valence-electron chi connectivity index (χ2n) is 4.73. The van der Waals surface area contributed by atoms with Crippen molar-refractivity contribution in [3.05, 3.63) is 48.3 Å². The predicted molar refractivity (Wildman–Crippen MR) is 76.0 cm³/mol. The maximum absolute atomic E-state index is 11.8. The second kappa shape index (κ2) is 4.84. The number of aromatic nitrogens is 1. The van der Waals surface area contributed by atoms with Crippen LogP contribution < -0.4 is 4.90 Å². The number of amides is 1. The Morgan fingerprint density at radius 3 is 2.74 bits per heavy atom. The van der Waals surface area contributed by atoms with Crippen LogP contribution in [0.3, 0.4) is 0 Å². The van der Waals surface area contributed by atoms with Crippen molar-refractivity contribution in [3.8, 4) is 11.1 Å². The average Bonchev–Trinajstić information content (AvgIpc) is 2.90. The van der Waals surface area contributed by atoms with Crippen molar-refractivity contribution in [2.24, 2.45) is 0 Å². The fraction of sp³-hybridized carbons (Fsp3) is 0.250. The van der Waals surface area contributed by atoms with Gasteiger partial charge in [0.05, 0.1) is 0 Å². The summed E-state index contributed by atoms with van der Waals surface area (Å²) in [6.07, 6.45) is 5.11. The first-order valence-electron chi connectivity index (χ1n) is 6.63. The number of carbonyl (C=O) groups excluding carboxylic acids is 1. The lowest BCUT2D eigenvalue weighted by Gasteiger charge is -2.16. The summed E-state index contributed by atoms with van der Waals surface area (Å²) < 4.78 is 0. The van der Waals surface area contributed by atoms with Crippen LogP contribution in [-0.2, 0) is 11.2 Å². The maximum atomic E-state index is 11.8. The van der Waals surface area contributed by atoms with Gasteiger partial charge in [0.25, 0.3) is 0 Å². The number of benzene rings is 1. The van der Waals surface area contributed by atoms with Crippen LogP contribution in [-0.4, -0.2) is 17.4 Å². The molecular formula is C16H16N2O. The number of fused-ring (bicyclic) bond motifs is 1. The summed E-state index contributed by atoms with van der Waals surface area (Å²) in [5, 5.41) is 0. The highest BCUT2D eigenvalue weighted by Crippen LogP contribution is 2.32. The number of pyridine rings is 1. The Balaban J connectivity index is 1.97. The van der Waals surface area contributed by atoms with E-state index in [4.69, 9.17) is 0 Å². The van der Waals surface area contributed by atoms with Crippen molar-refractivity contribution in [3.63, 3.8) is 0 Å². The van der Waals surface area contributed by atoms with Gasteiger partial charge < -0.3 is 4.90 Å². The SMILES string of the molecule is CCC(=O)N1CCc2cc(-c3ccncc3)ccc21. The molecule has 0 atom stereocenters. The quantitative estimate of drug-likeness (QED) is 0.823. The first-order chi connectivity index (χ1) is 9.29. The van der Waals surface area contributed by atoms with E-state index in [1.54, 1.807) is 12.4 Å². The molecule has 0 aliphatic carbocycles. The minimum atomic E-state index is 0.204. The molecule has 3 heteroatoms. The summed E-state index contributed by atoms with van der Waals surface area (Å²) in [5.74, 6) is 0.204. The molecule has 0 N–H and O–H groups in total. The zero-order chi connectivity index (χ0) is 13.2. The van der Waals surface area contributed by atoms with Crippen molar-refractivity contribution in [2.45, 2.75) is 19.8 Å². The summed E-state index contributed by atoms with van der Waals surface area (Å²) in [6, 6.07) is 10.3. The molecule has 1 aliphatic heterocycles. The Kier molecular flexibility index (Phi) is 3.03. The second-order valence-corrected chi connectivity index (χ2v) is 4.73. The fourth-order valence-corrected chi connectivity index (χ4v) is 2.58. The highest BCUT2D eigenvalue weighted by Gasteiger charge is 2.23. The molecule has 3 nitrogen and oxygen atoms in total. The van der Waals surface area contributed by atoms with E-state index in [1.807, 2.05) is 24.0 Å². The van der Waals surface area contributed by atoms with Gasteiger partial charge in [0, 0.05) is 31.0 Å². The molecule has 0 spiro atoms. The van der Waals surface area contributed by atoms with E-state index in [-0.39, 0.29) is 5.91 Å². The molecule has 0 saturated carbocycles. The molecule has 3 rings (SSSR count). The Morgan fingerprint density at radius 2 is 2.00 bits per heavy atom. The molecule has 0 unspecified atom stereocenters. The highest BCUT2D eigenvalue weighted by atomic mass is 16.2. The lowest BCUT2D eigenvalue weighted by molar-refractivity contribution is -0.118. The Morgan fingerprint density at radius 1 is 1.21 bits per heavy atom. The van der Waals surface area contributed by atoms with Crippen LogP contribution in [0.2, 0.25) is 0 Å². The third-order valence-corrected chi connectivity index (χ3v) is 3.59. The van der Waals surface area contributed by atoms with E-state index in [2.05, 4.69) is 23.2 Å². The number of hydrogen-bond donors (Lipinski definition) is 0. The van der Waals surface area contributed by atoms with Crippen LogP contribution in [0.1, 0.15) is 18.9 Å². The molecule has 2 aromatic rings. The number of hydrogen-bond acceptors (Lipinski definition) is 2. The fourth-order valence-electron chi connectivity index (χ4n) is 2.58. The highest BCUT2D eigenvalue weighted by molar-refractivity contribution is 5.95. The Labute approximate surface area is 112 Å². The number of carbonyl (C=O) groups is 1. The smallest absolute Gasteiger partial charge is 0.226 e. The Hall–Kier alpha value is -2.16. The molecular weight excluding hydrogens is 236 g/mol. The van der Waals surface area contributed by atoms with Crippen LogP contribution in [0, 0.1) is 0 Å². The molecule has 1 aliphatic rings. The van der Waals surface area contributed by atoms with E-state index >= 15 is 0 Å². The van der Waals surface area contributed by atoms with Crippen LogP contribution in [0.5, 0.6) is 0 Å². The van der Waals surface area contributed by atoms with Crippen LogP contribution >= 0.6 is 0 Å². The van der Waals surface area contributed by atoms with Crippen LogP contribution in [0.4, 0.5) is 5.69 Å². The van der Waals surface area contributed by atoms with E-state index in [1.165, 1.54) is 11.1 Å². The third kappa shape index (κ3) is 2.12. The van der Waals surface area contributed by atoms with Crippen molar-refractivity contribution < 1.29 is 4.79 Å². The van der Waals surface area contributed by atoms with Gasteiger partial charge in [-0.3, -0.25) is 9.78 Å². The van der Waals surface area contributed by atoms with Gasteiger partial charge in [-0.25, -0.2) is 0 Å². The number of rotatable bonds is 2. The van der Waals surface area contributed by atoms with Gasteiger partial charge in [0.2, 0.25) is 5.91 Å². The van der Waals surface area contributed by atoms with Crippen molar-refractivity contribution in [1.29, 1.82) is 0 Å². The van der Waals surface area contributed by atoms with Crippen molar-refractivity contribution >= 4 is 11.6 Å². The van der Waals surface area contributed by atoms with Gasteiger partial charge in [0.1, 0.15) is 0 Å². The van der Waals surface area contributed by atoms with E-state index in [0.29, 0.717) is 6.42 Å². The topological polar surface area (TPSA) is 33.2 Å². The lowest BCUT2D eigenvalue weighted by Crippen LogP contribution is -2.27. The average molecular weight is 252 g/mol. The van der Waals surface area contributed by atoms with Crippen molar-refractivity contribution in [1.82, 2.24) is 4.98 Å². The molecule has 19 heavy (non-hydrogen) atoms. The van der Waals surface area contributed by atoms with Gasteiger partial charge >= 0.3 is 0 Å². The van der Waals surface area contributed by atoms with Crippen LogP contribution in [0.25, 0.3) is 11.1 Å². The zero-order valence-electron chi connectivity index (χ0n) is 11.0. The number of nitrogens with zero attached hydrogens (tertiary/aromatic N) is 2. The molecule has 0 fully saturated rings. The minimum Gasteiger partial charge on any atom is -0.312 e. The first-order valence-corrected chi connectivity index (χ1v) is 6.63. The van der Waals surface area contributed by atoms with E-state index < -0.39 is 0 Å². The first kappa shape index (κ1) is 11.9. The molecule has 0 radical (unpaired) electrons. The largest absolute Gasteiger partial charge is 0.312 e. The summed E-state index contributed by atoms with van der Waals surface area (Å²) in [5.41, 5.74) is 4.69. The van der Waals surface area contributed by atoms with Crippen LogP contribution in [0.15, 0.2) is 42.7 Å². The minimum absolute atomic E-state index is 0.204. The summed E-state index contributed by atoms with van der Waals surface area (Å²) in [7, 11) is 0. The van der Waals surface area contributed by atoms with Gasteiger partial charge in [-0.15, -0.1) is 0 Å². The maximum Gasteiger partial charge on any atom is 0.226 e. The monoisotopic (exact) mass is 252 g/mol. The zero-order valence-corrected chi connectivity index (χ0v) is 11.0. The summed E-state index contributed by atoms with van der Waals surface area (Å²) in [4.78, 5) is 17.8. The normalized spacial score (nSPS) is 13.4. The summed E-state index contributed by atoms with van der Waals surface area (Å²) in [6.45, 7) is 2.72. The van der Waals surface area contributed by atoms with Gasteiger partial charge in [-0.1, -0.05) is 13.0 Å². The molecule has 0 saturated heterocycles.